The maximum absolute atomic E-state index is 6.06. The van der Waals surface area contributed by atoms with E-state index in [9.17, 15) is 0 Å². The van der Waals surface area contributed by atoms with Crippen molar-refractivity contribution in [2.75, 3.05) is 0 Å². The van der Waals surface area contributed by atoms with Crippen molar-refractivity contribution in [3.63, 3.8) is 0 Å². The number of benzene rings is 2. The summed E-state index contributed by atoms with van der Waals surface area (Å²) >= 11 is 13.6. The maximum Gasteiger partial charge on any atom is 0.211 e. The molecule has 4 nitrogen and oxygen atoms in total. The molecule has 29 heavy (non-hydrogen) atoms. The van der Waals surface area contributed by atoms with Crippen molar-refractivity contribution in [1.29, 1.82) is 0 Å². The molecule has 0 N–H and O–H groups in total. The summed E-state index contributed by atoms with van der Waals surface area (Å²) in [5, 5.41) is 8.28. The molecule has 0 saturated heterocycles. The Morgan fingerprint density at radius 2 is 1.52 bits per heavy atom. The first kappa shape index (κ1) is 19.6. The van der Waals surface area contributed by atoms with Crippen molar-refractivity contribution in [2.24, 2.45) is 10.1 Å². The average Bonchev–Trinajstić information content (AvgIpc) is 3.13. The Balaban J connectivity index is 1.88. The van der Waals surface area contributed by atoms with E-state index in [1.807, 2.05) is 77.6 Å². The van der Waals surface area contributed by atoms with Crippen molar-refractivity contribution in [3.05, 3.63) is 98.8 Å². The van der Waals surface area contributed by atoms with Crippen LogP contribution < -0.4 is 4.80 Å². The van der Waals surface area contributed by atoms with Crippen LogP contribution in [0.1, 0.15) is 12.5 Å². The molecule has 0 radical (unpaired) electrons. The summed E-state index contributed by atoms with van der Waals surface area (Å²) in [6.45, 7) is 1.97. The number of aromatic nitrogens is 2. The normalized spacial score (nSPS) is 12.4. The summed E-state index contributed by atoms with van der Waals surface area (Å²) in [4.78, 5) is 9.60. The first-order valence-electron chi connectivity index (χ1n) is 8.83. The second-order valence-corrected chi connectivity index (χ2v) is 7.94. The van der Waals surface area contributed by atoms with Crippen LogP contribution in [0.2, 0.25) is 10.0 Å². The first-order valence-corrected chi connectivity index (χ1v) is 10.5. The highest BCUT2D eigenvalue weighted by Crippen LogP contribution is 2.23. The summed E-state index contributed by atoms with van der Waals surface area (Å²) in [5.74, 6) is 0. The van der Waals surface area contributed by atoms with E-state index in [1.54, 1.807) is 12.4 Å². The molecule has 0 spiro atoms. The Hall–Kier alpha value is -2.73. The van der Waals surface area contributed by atoms with Crippen LogP contribution in [-0.4, -0.2) is 15.4 Å². The van der Waals surface area contributed by atoms with Crippen molar-refractivity contribution < 1.29 is 0 Å². The molecule has 0 unspecified atom stereocenters. The molecule has 0 fully saturated rings. The largest absolute Gasteiger partial charge is 0.265 e. The molecule has 7 heteroatoms. The molecular formula is C22H16Cl2N4S. The van der Waals surface area contributed by atoms with Gasteiger partial charge in [-0.3, -0.25) is 4.98 Å². The molecule has 0 aliphatic heterocycles. The first-order chi connectivity index (χ1) is 14.1. The van der Waals surface area contributed by atoms with Crippen molar-refractivity contribution >= 4 is 45.9 Å². The number of pyridine rings is 1. The van der Waals surface area contributed by atoms with E-state index >= 15 is 0 Å². The standard InChI is InChI=1S/C22H16Cl2N4S/c1-15(16-10-12-25-13-11-16)27-28-21(17-2-4-18(23)5-3-17)14-29-22(28)26-20-8-6-19(24)7-9-20/h2-14H,1H3. The number of rotatable bonds is 4. The Labute approximate surface area is 182 Å². The molecule has 144 valence electrons. The third-order valence-corrected chi connectivity index (χ3v) is 5.54. The average molecular weight is 439 g/mol. The smallest absolute Gasteiger partial charge is 0.211 e. The second-order valence-electron chi connectivity index (χ2n) is 6.23. The zero-order chi connectivity index (χ0) is 20.2. The van der Waals surface area contributed by atoms with Crippen LogP contribution in [-0.2, 0) is 0 Å². The van der Waals surface area contributed by atoms with E-state index in [0.717, 1.165) is 33.0 Å². The third-order valence-electron chi connectivity index (χ3n) is 4.22. The lowest BCUT2D eigenvalue weighted by Crippen LogP contribution is -2.13. The Bertz CT molecular complexity index is 1210. The number of hydrogen-bond acceptors (Lipinski definition) is 4. The van der Waals surface area contributed by atoms with Gasteiger partial charge in [0.25, 0.3) is 0 Å². The Morgan fingerprint density at radius 1 is 0.897 bits per heavy atom. The van der Waals surface area contributed by atoms with Crippen LogP contribution in [0.3, 0.4) is 0 Å². The van der Waals surface area contributed by atoms with Crippen molar-refractivity contribution in [3.8, 4) is 11.3 Å². The number of thiazole rings is 1. The predicted octanol–water partition coefficient (Wildman–Crippen LogP) is 6.42. The summed E-state index contributed by atoms with van der Waals surface area (Å²) in [7, 11) is 0. The molecular weight excluding hydrogens is 423 g/mol. The zero-order valence-corrected chi connectivity index (χ0v) is 17.8. The van der Waals surface area contributed by atoms with Gasteiger partial charge in [0.2, 0.25) is 4.80 Å². The Morgan fingerprint density at radius 3 is 2.17 bits per heavy atom. The van der Waals surface area contributed by atoms with Gasteiger partial charge in [-0.2, -0.15) is 5.10 Å². The summed E-state index contributed by atoms with van der Waals surface area (Å²) in [6.07, 6.45) is 3.51. The van der Waals surface area contributed by atoms with Gasteiger partial charge in [-0.25, -0.2) is 9.67 Å². The lowest BCUT2D eigenvalue weighted by Gasteiger charge is -2.06. The van der Waals surface area contributed by atoms with Gasteiger partial charge in [-0.1, -0.05) is 35.3 Å². The highest BCUT2D eigenvalue weighted by atomic mass is 35.5. The van der Waals surface area contributed by atoms with E-state index in [2.05, 4.69) is 4.98 Å². The molecule has 0 saturated carbocycles. The molecule has 0 aliphatic rings. The minimum Gasteiger partial charge on any atom is -0.265 e. The zero-order valence-electron chi connectivity index (χ0n) is 15.5. The maximum atomic E-state index is 6.06. The van der Waals surface area contributed by atoms with Gasteiger partial charge in [-0.15, -0.1) is 11.3 Å². The lowest BCUT2D eigenvalue weighted by atomic mass is 10.2. The topological polar surface area (TPSA) is 42.5 Å². The van der Waals surface area contributed by atoms with Crippen LogP contribution in [0.15, 0.2) is 88.5 Å². The van der Waals surface area contributed by atoms with E-state index < -0.39 is 0 Å². The fourth-order valence-electron chi connectivity index (χ4n) is 2.72. The molecule has 4 rings (SSSR count). The minimum absolute atomic E-state index is 0.677. The third kappa shape index (κ3) is 4.65. The molecule has 2 aromatic carbocycles. The second kappa shape index (κ2) is 8.74. The van der Waals surface area contributed by atoms with Crippen LogP contribution in [0, 0.1) is 0 Å². The highest BCUT2D eigenvalue weighted by molar-refractivity contribution is 7.07. The lowest BCUT2D eigenvalue weighted by molar-refractivity contribution is 0.848. The number of nitrogens with zero attached hydrogens (tertiary/aromatic N) is 4. The predicted molar refractivity (Wildman–Crippen MR) is 121 cm³/mol. The van der Waals surface area contributed by atoms with Gasteiger partial charge < -0.3 is 0 Å². The number of halogens is 2. The molecule has 2 aromatic heterocycles. The van der Waals surface area contributed by atoms with Gasteiger partial charge in [0, 0.05) is 38.9 Å². The fourth-order valence-corrected chi connectivity index (χ4v) is 3.82. The van der Waals surface area contributed by atoms with Gasteiger partial charge >= 0.3 is 0 Å². The molecule has 0 amide bonds. The highest BCUT2D eigenvalue weighted by Gasteiger charge is 2.09. The molecule has 0 bridgehead atoms. The van der Waals surface area contributed by atoms with Crippen LogP contribution in [0.25, 0.3) is 11.3 Å². The Kier molecular flexibility index (Phi) is 5.90. The molecule has 0 atom stereocenters. The quantitative estimate of drug-likeness (QED) is 0.338. The minimum atomic E-state index is 0.677. The number of hydrogen-bond donors (Lipinski definition) is 0. The van der Waals surface area contributed by atoms with Crippen molar-refractivity contribution in [1.82, 2.24) is 9.66 Å². The fraction of sp³-hybridized carbons (Fsp3) is 0.0455. The van der Waals surface area contributed by atoms with E-state index in [0.29, 0.717) is 10.0 Å². The van der Waals surface area contributed by atoms with Crippen LogP contribution >= 0.6 is 34.5 Å². The van der Waals surface area contributed by atoms with Gasteiger partial charge in [0.15, 0.2) is 0 Å². The summed E-state index contributed by atoms with van der Waals surface area (Å²) in [6, 6.07) is 19.0. The van der Waals surface area contributed by atoms with E-state index in [-0.39, 0.29) is 0 Å². The molecule has 4 aromatic rings. The van der Waals surface area contributed by atoms with Gasteiger partial charge in [0.1, 0.15) is 0 Å². The monoisotopic (exact) mass is 438 g/mol. The summed E-state index contributed by atoms with van der Waals surface area (Å²) in [5.41, 5.74) is 4.61. The molecule has 2 heterocycles. The van der Waals surface area contributed by atoms with E-state index in [4.69, 9.17) is 33.3 Å². The van der Waals surface area contributed by atoms with Crippen LogP contribution in [0.4, 0.5) is 5.69 Å². The van der Waals surface area contributed by atoms with E-state index in [1.165, 1.54) is 11.3 Å². The van der Waals surface area contributed by atoms with Crippen molar-refractivity contribution in [2.45, 2.75) is 6.92 Å². The van der Waals surface area contributed by atoms with Crippen LogP contribution in [0.5, 0.6) is 0 Å². The van der Waals surface area contributed by atoms with Gasteiger partial charge in [-0.05, 0) is 55.5 Å². The molecule has 0 aliphatic carbocycles. The van der Waals surface area contributed by atoms with Gasteiger partial charge in [0.05, 0.1) is 17.1 Å². The SMILES string of the molecule is CC(=Nn1c(-c2ccc(Cl)cc2)csc1=Nc1ccc(Cl)cc1)c1ccncc1. The summed E-state index contributed by atoms with van der Waals surface area (Å²) < 4.78 is 1.86.